The Morgan fingerprint density at radius 2 is 2.00 bits per heavy atom. The van der Waals surface area contributed by atoms with E-state index in [0.717, 1.165) is 0 Å². The summed E-state index contributed by atoms with van der Waals surface area (Å²) in [6, 6.07) is 0. The van der Waals surface area contributed by atoms with Gasteiger partial charge in [-0.05, 0) is 6.08 Å². The van der Waals surface area contributed by atoms with Gasteiger partial charge in [0.2, 0.25) is 0 Å². The summed E-state index contributed by atoms with van der Waals surface area (Å²) in [5.74, 6) is -0.205. The molecule has 0 saturated heterocycles. The van der Waals surface area contributed by atoms with Gasteiger partial charge in [-0.3, -0.25) is 9.59 Å². The molecule has 0 N–H and O–H groups in total. The molecule has 1 atom stereocenters. The molecule has 0 radical (unpaired) electrons. The number of esters is 1. The summed E-state index contributed by atoms with van der Waals surface area (Å²) in [7, 11) is 1.36. The minimum absolute atomic E-state index is 0.0731. The molecule has 0 aromatic carbocycles. The van der Waals surface area contributed by atoms with Crippen LogP contribution in [-0.2, 0) is 14.3 Å². The molecular formula is C11H16O3. The van der Waals surface area contributed by atoms with Crippen molar-refractivity contribution in [3.63, 3.8) is 0 Å². The van der Waals surface area contributed by atoms with E-state index < -0.39 is 10.8 Å². The van der Waals surface area contributed by atoms with Crippen LogP contribution in [0.5, 0.6) is 0 Å². The molecule has 78 valence electrons. The van der Waals surface area contributed by atoms with Crippen molar-refractivity contribution in [2.24, 2.45) is 10.8 Å². The van der Waals surface area contributed by atoms with E-state index in [1.807, 2.05) is 26.8 Å². The SMILES string of the molecule is COC(=O)C[C@@]1(C)C=CC(=O)C1(C)C. The van der Waals surface area contributed by atoms with Gasteiger partial charge in [0.05, 0.1) is 13.5 Å². The molecule has 3 nitrogen and oxygen atoms in total. The average molecular weight is 196 g/mol. The van der Waals surface area contributed by atoms with Gasteiger partial charge in [-0.25, -0.2) is 0 Å². The standard InChI is InChI=1S/C11H16O3/c1-10(2)8(12)5-6-11(10,3)7-9(13)14-4/h5-6H,7H2,1-4H3/t11-/m1/s1. The van der Waals surface area contributed by atoms with Crippen molar-refractivity contribution in [1.29, 1.82) is 0 Å². The second kappa shape index (κ2) is 3.23. The van der Waals surface area contributed by atoms with Crippen LogP contribution < -0.4 is 0 Å². The molecule has 3 heteroatoms. The minimum atomic E-state index is -0.513. The molecule has 0 spiro atoms. The summed E-state index contributed by atoms with van der Waals surface area (Å²) in [6.07, 6.45) is 3.62. The third kappa shape index (κ3) is 1.47. The number of methoxy groups -OCH3 is 1. The molecule has 1 aliphatic rings. The average Bonchev–Trinajstić information content (AvgIpc) is 2.30. The van der Waals surface area contributed by atoms with Crippen molar-refractivity contribution >= 4 is 11.8 Å². The lowest BCUT2D eigenvalue weighted by molar-refractivity contribution is -0.144. The third-order valence-electron chi connectivity index (χ3n) is 3.39. The molecule has 0 heterocycles. The molecule has 0 amide bonds. The van der Waals surface area contributed by atoms with Crippen molar-refractivity contribution in [3.05, 3.63) is 12.2 Å². The number of hydrogen-bond donors (Lipinski definition) is 0. The van der Waals surface area contributed by atoms with Gasteiger partial charge in [-0.1, -0.05) is 26.8 Å². The van der Waals surface area contributed by atoms with Crippen LogP contribution in [0.4, 0.5) is 0 Å². The molecule has 0 aromatic rings. The highest BCUT2D eigenvalue weighted by Gasteiger charge is 2.48. The van der Waals surface area contributed by atoms with Gasteiger partial charge in [0, 0.05) is 10.8 Å². The number of ether oxygens (including phenoxy) is 1. The summed E-state index contributed by atoms with van der Waals surface area (Å²) >= 11 is 0. The van der Waals surface area contributed by atoms with Gasteiger partial charge in [-0.2, -0.15) is 0 Å². The Morgan fingerprint density at radius 3 is 2.36 bits per heavy atom. The third-order valence-corrected chi connectivity index (χ3v) is 3.39. The Morgan fingerprint density at radius 1 is 1.43 bits per heavy atom. The van der Waals surface area contributed by atoms with E-state index in [1.165, 1.54) is 7.11 Å². The maximum atomic E-state index is 11.5. The normalized spacial score (nSPS) is 29.3. The second-order valence-electron chi connectivity index (χ2n) is 4.49. The molecule has 14 heavy (non-hydrogen) atoms. The van der Waals surface area contributed by atoms with E-state index >= 15 is 0 Å². The minimum Gasteiger partial charge on any atom is -0.469 e. The molecule has 0 aromatic heterocycles. The fourth-order valence-corrected chi connectivity index (χ4v) is 1.61. The van der Waals surface area contributed by atoms with Gasteiger partial charge in [0.1, 0.15) is 0 Å². The summed E-state index contributed by atoms with van der Waals surface area (Å²) in [5, 5.41) is 0. The monoisotopic (exact) mass is 196 g/mol. The molecular weight excluding hydrogens is 180 g/mol. The van der Waals surface area contributed by atoms with Crippen LogP contribution in [0, 0.1) is 10.8 Å². The first-order chi connectivity index (χ1) is 6.33. The zero-order chi connectivity index (χ0) is 11.0. The first kappa shape index (κ1) is 11.0. The zero-order valence-electron chi connectivity index (χ0n) is 9.09. The second-order valence-corrected chi connectivity index (χ2v) is 4.49. The Kier molecular flexibility index (Phi) is 2.52. The Balaban J connectivity index is 2.90. The summed E-state index contributed by atoms with van der Waals surface area (Å²) in [6.45, 7) is 5.63. The van der Waals surface area contributed by atoms with Crippen LogP contribution >= 0.6 is 0 Å². The fourth-order valence-electron chi connectivity index (χ4n) is 1.61. The molecule has 0 bridgehead atoms. The molecule has 1 aliphatic carbocycles. The van der Waals surface area contributed by atoms with E-state index in [0.29, 0.717) is 0 Å². The van der Waals surface area contributed by atoms with Crippen molar-refractivity contribution < 1.29 is 14.3 Å². The number of ketones is 1. The van der Waals surface area contributed by atoms with Gasteiger partial charge < -0.3 is 4.74 Å². The number of carbonyl (C=O) groups is 2. The van der Waals surface area contributed by atoms with E-state index in [2.05, 4.69) is 4.74 Å². The Labute approximate surface area is 84.1 Å². The van der Waals surface area contributed by atoms with Crippen molar-refractivity contribution in [1.82, 2.24) is 0 Å². The predicted octanol–water partition coefficient (Wildman–Crippen LogP) is 1.72. The summed E-state index contributed by atoms with van der Waals surface area (Å²) in [5.41, 5.74) is -0.932. The molecule has 1 rings (SSSR count). The van der Waals surface area contributed by atoms with Crippen LogP contribution in [0.3, 0.4) is 0 Å². The molecule has 0 unspecified atom stereocenters. The van der Waals surface area contributed by atoms with Crippen molar-refractivity contribution in [2.75, 3.05) is 7.11 Å². The highest BCUT2D eigenvalue weighted by atomic mass is 16.5. The van der Waals surface area contributed by atoms with Crippen LogP contribution in [0.25, 0.3) is 0 Å². The topological polar surface area (TPSA) is 43.4 Å². The number of allylic oxidation sites excluding steroid dienone is 2. The number of hydrogen-bond acceptors (Lipinski definition) is 3. The van der Waals surface area contributed by atoms with E-state index in [4.69, 9.17) is 0 Å². The Hall–Kier alpha value is -1.12. The van der Waals surface area contributed by atoms with Crippen LogP contribution in [0.1, 0.15) is 27.2 Å². The number of rotatable bonds is 2. The number of carbonyl (C=O) groups excluding carboxylic acids is 2. The lowest BCUT2D eigenvalue weighted by Gasteiger charge is -2.35. The van der Waals surface area contributed by atoms with Crippen LogP contribution in [-0.4, -0.2) is 18.9 Å². The fraction of sp³-hybridized carbons (Fsp3) is 0.636. The quantitative estimate of drug-likeness (QED) is 0.631. The molecule has 0 saturated carbocycles. The van der Waals surface area contributed by atoms with Gasteiger partial charge >= 0.3 is 5.97 Å². The van der Waals surface area contributed by atoms with E-state index in [9.17, 15) is 9.59 Å². The smallest absolute Gasteiger partial charge is 0.306 e. The first-order valence-electron chi connectivity index (χ1n) is 4.64. The van der Waals surface area contributed by atoms with E-state index in [1.54, 1.807) is 6.08 Å². The van der Waals surface area contributed by atoms with E-state index in [-0.39, 0.29) is 18.2 Å². The van der Waals surface area contributed by atoms with Crippen molar-refractivity contribution in [3.8, 4) is 0 Å². The summed E-state index contributed by atoms with van der Waals surface area (Å²) in [4.78, 5) is 22.7. The lowest BCUT2D eigenvalue weighted by Crippen LogP contribution is -2.37. The largest absolute Gasteiger partial charge is 0.469 e. The molecule has 0 aliphatic heterocycles. The highest BCUT2D eigenvalue weighted by Crippen LogP contribution is 2.48. The van der Waals surface area contributed by atoms with Crippen LogP contribution in [0.2, 0.25) is 0 Å². The molecule has 0 fully saturated rings. The first-order valence-corrected chi connectivity index (χ1v) is 4.64. The van der Waals surface area contributed by atoms with Crippen LogP contribution in [0.15, 0.2) is 12.2 Å². The highest BCUT2D eigenvalue weighted by molar-refractivity contribution is 5.98. The lowest BCUT2D eigenvalue weighted by atomic mass is 9.67. The summed E-state index contributed by atoms with van der Waals surface area (Å²) < 4.78 is 4.62. The zero-order valence-corrected chi connectivity index (χ0v) is 9.09. The van der Waals surface area contributed by atoms with Crippen molar-refractivity contribution in [2.45, 2.75) is 27.2 Å². The van der Waals surface area contributed by atoms with Gasteiger partial charge in [0.25, 0.3) is 0 Å². The maximum Gasteiger partial charge on any atom is 0.306 e. The Bertz CT molecular complexity index is 302. The maximum absolute atomic E-state index is 11.5. The van der Waals surface area contributed by atoms with Gasteiger partial charge in [-0.15, -0.1) is 0 Å². The predicted molar refractivity (Wildman–Crippen MR) is 52.7 cm³/mol. The van der Waals surface area contributed by atoms with Gasteiger partial charge in [0.15, 0.2) is 5.78 Å².